The second-order valence-corrected chi connectivity index (χ2v) is 10.00. The monoisotopic (exact) mass is 350 g/mol. The second kappa shape index (κ2) is 5.39. The van der Waals surface area contributed by atoms with Crippen LogP contribution in [0, 0.1) is 40.9 Å². The summed E-state index contributed by atoms with van der Waals surface area (Å²) in [6, 6.07) is 0. The van der Waals surface area contributed by atoms with Crippen LogP contribution in [0.2, 0.25) is 0 Å². The summed E-state index contributed by atoms with van der Waals surface area (Å²) in [5, 5.41) is 0. The number of rotatable bonds is 1. The van der Waals surface area contributed by atoms with Gasteiger partial charge >= 0.3 is 0 Å². The normalized spacial score (nSPS) is 52.7. The number of allylic oxidation sites excluding steroid dienone is 1. The van der Waals surface area contributed by atoms with Gasteiger partial charge in [0.2, 0.25) is 0 Å². The van der Waals surface area contributed by atoms with E-state index in [0.29, 0.717) is 0 Å². The van der Waals surface area contributed by atoms with E-state index in [0.717, 1.165) is 40.9 Å². The summed E-state index contributed by atoms with van der Waals surface area (Å²) < 4.78 is 1.27. The molecule has 0 aromatic carbocycles. The highest BCUT2D eigenvalue weighted by Crippen LogP contribution is 2.62. The van der Waals surface area contributed by atoms with Crippen LogP contribution in [0.5, 0.6) is 0 Å². The Morgan fingerprint density at radius 1 is 0.952 bits per heavy atom. The molecule has 0 amide bonds. The summed E-state index contributed by atoms with van der Waals surface area (Å²) >= 11 is 3.67. The predicted molar refractivity (Wildman–Crippen MR) is 93.3 cm³/mol. The van der Waals surface area contributed by atoms with Crippen molar-refractivity contribution >= 4 is 15.9 Å². The lowest BCUT2D eigenvalue weighted by molar-refractivity contribution is -0.0537. The molecule has 2 unspecified atom stereocenters. The molecule has 0 N–H and O–H groups in total. The molecule has 4 saturated carbocycles. The third kappa shape index (κ3) is 2.37. The van der Waals surface area contributed by atoms with Gasteiger partial charge in [-0.25, -0.2) is 0 Å². The van der Waals surface area contributed by atoms with Crippen LogP contribution in [-0.4, -0.2) is 0 Å². The molecule has 7 atom stereocenters. The molecular weight excluding hydrogens is 320 g/mol. The molecule has 0 bridgehead atoms. The molecule has 4 fully saturated rings. The van der Waals surface area contributed by atoms with Crippen LogP contribution in [0.3, 0.4) is 0 Å². The van der Waals surface area contributed by atoms with E-state index in [-0.39, 0.29) is 0 Å². The van der Waals surface area contributed by atoms with Gasteiger partial charge in [0.05, 0.1) is 0 Å². The van der Waals surface area contributed by atoms with Crippen molar-refractivity contribution in [1.29, 1.82) is 0 Å². The van der Waals surface area contributed by atoms with Gasteiger partial charge in [0.25, 0.3) is 0 Å². The minimum absolute atomic E-state index is 0.731. The third-order valence-corrected chi connectivity index (χ3v) is 8.83. The molecular formula is C20H31Br. The molecule has 0 aromatic rings. The molecule has 4 aliphatic carbocycles. The van der Waals surface area contributed by atoms with Crippen LogP contribution in [0.1, 0.15) is 71.1 Å². The van der Waals surface area contributed by atoms with E-state index in [1.165, 1.54) is 49.4 Å². The first-order chi connectivity index (χ1) is 10.1. The number of hydrogen-bond acceptors (Lipinski definition) is 0. The fourth-order valence-electron chi connectivity index (χ4n) is 7.13. The highest BCUT2D eigenvalue weighted by Gasteiger charge is 2.53. The van der Waals surface area contributed by atoms with E-state index in [2.05, 4.69) is 29.4 Å². The zero-order valence-electron chi connectivity index (χ0n) is 13.6. The fourth-order valence-corrected chi connectivity index (χ4v) is 7.55. The van der Waals surface area contributed by atoms with Crippen molar-refractivity contribution in [2.75, 3.05) is 0 Å². The van der Waals surface area contributed by atoms with Gasteiger partial charge in [-0.2, -0.15) is 0 Å². The Bertz CT molecular complexity index is 428. The standard InChI is InChI=1S/C20H31Br/c1-13(21)14-5-7-16-15(12-14)6-8-18-17(16)9-11-20(2)10-3-4-19(18)20/h14-19H,1,3-12H2,2H3/t14?,15?,16-,17+,18+,19-,20-/m0/s1. The number of halogens is 1. The Morgan fingerprint density at radius 3 is 2.57 bits per heavy atom. The molecule has 0 heterocycles. The Kier molecular flexibility index (Phi) is 3.80. The minimum Gasteiger partial charge on any atom is -0.0886 e. The van der Waals surface area contributed by atoms with Crippen LogP contribution in [0.4, 0.5) is 0 Å². The molecule has 0 nitrogen and oxygen atoms in total. The Hall–Kier alpha value is 0.220. The summed E-state index contributed by atoms with van der Waals surface area (Å²) in [5.74, 6) is 6.12. The first kappa shape index (κ1) is 14.8. The van der Waals surface area contributed by atoms with Gasteiger partial charge in [-0.3, -0.25) is 0 Å². The summed E-state index contributed by atoms with van der Waals surface area (Å²) in [6.45, 7) is 6.79. The maximum atomic E-state index is 4.17. The van der Waals surface area contributed by atoms with Crippen LogP contribution < -0.4 is 0 Å². The Balaban J connectivity index is 1.52. The largest absolute Gasteiger partial charge is 0.0886 e. The third-order valence-electron chi connectivity index (χ3n) is 8.18. The average molecular weight is 351 g/mol. The first-order valence-corrected chi connectivity index (χ1v) is 10.2. The van der Waals surface area contributed by atoms with Gasteiger partial charge in [-0.15, -0.1) is 0 Å². The van der Waals surface area contributed by atoms with Crippen molar-refractivity contribution in [3.63, 3.8) is 0 Å². The maximum absolute atomic E-state index is 4.17. The van der Waals surface area contributed by atoms with Crippen molar-refractivity contribution in [3.05, 3.63) is 11.1 Å². The molecule has 21 heavy (non-hydrogen) atoms. The predicted octanol–water partition coefficient (Wildman–Crippen LogP) is 6.55. The van der Waals surface area contributed by atoms with Gasteiger partial charge in [-0.1, -0.05) is 35.9 Å². The van der Waals surface area contributed by atoms with Crippen LogP contribution in [0.25, 0.3) is 0 Å². The van der Waals surface area contributed by atoms with Crippen LogP contribution >= 0.6 is 15.9 Å². The quantitative estimate of drug-likeness (QED) is 0.502. The highest BCUT2D eigenvalue weighted by molar-refractivity contribution is 9.11. The molecule has 0 radical (unpaired) electrons. The maximum Gasteiger partial charge on any atom is -0.00901 e. The topological polar surface area (TPSA) is 0 Å². The summed E-state index contributed by atoms with van der Waals surface area (Å²) in [4.78, 5) is 0. The summed E-state index contributed by atoms with van der Waals surface area (Å²) in [7, 11) is 0. The highest BCUT2D eigenvalue weighted by atomic mass is 79.9. The van der Waals surface area contributed by atoms with E-state index in [1.54, 1.807) is 19.3 Å². The van der Waals surface area contributed by atoms with E-state index < -0.39 is 0 Å². The Labute approximate surface area is 139 Å². The van der Waals surface area contributed by atoms with Gasteiger partial charge in [-0.05, 0) is 103 Å². The van der Waals surface area contributed by atoms with Crippen molar-refractivity contribution < 1.29 is 0 Å². The lowest BCUT2D eigenvalue weighted by Crippen LogP contribution is -2.47. The molecule has 0 spiro atoms. The minimum atomic E-state index is 0.731. The van der Waals surface area contributed by atoms with Crippen molar-refractivity contribution in [1.82, 2.24) is 0 Å². The molecule has 4 aliphatic rings. The first-order valence-electron chi connectivity index (χ1n) is 9.43. The van der Waals surface area contributed by atoms with Gasteiger partial charge in [0.1, 0.15) is 0 Å². The zero-order valence-corrected chi connectivity index (χ0v) is 15.2. The van der Waals surface area contributed by atoms with Gasteiger partial charge in [0.15, 0.2) is 0 Å². The SMILES string of the molecule is C=C(Br)C1CC[C@H]2C(CC[C@@H]3[C@@H]2CC[C@]2(C)CCC[C@@H]32)C1. The van der Waals surface area contributed by atoms with Crippen molar-refractivity contribution in [2.45, 2.75) is 71.1 Å². The van der Waals surface area contributed by atoms with Crippen LogP contribution in [-0.2, 0) is 0 Å². The van der Waals surface area contributed by atoms with Crippen LogP contribution in [0.15, 0.2) is 11.1 Å². The Morgan fingerprint density at radius 2 is 1.76 bits per heavy atom. The molecule has 118 valence electrons. The summed E-state index contributed by atoms with van der Waals surface area (Å²) in [5.41, 5.74) is 0.731. The van der Waals surface area contributed by atoms with Gasteiger partial charge < -0.3 is 0 Å². The lowest BCUT2D eigenvalue weighted by Gasteiger charge is -2.55. The molecule has 4 rings (SSSR count). The number of fused-ring (bicyclic) bond motifs is 5. The van der Waals surface area contributed by atoms with Crippen molar-refractivity contribution in [3.8, 4) is 0 Å². The number of hydrogen-bond donors (Lipinski definition) is 0. The van der Waals surface area contributed by atoms with Crippen molar-refractivity contribution in [2.24, 2.45) is 40.9 Å². The second-order valence-electron chi connectivity index (χ2n) is 8.98. The summed E-state index contributed by atoms with van der Waals surface area (Å²) in [6.07, 6.45) is 15.1. The van der Waals surface area contributed by atoms with E-state index in [1.807, 2.05) is 0 Å². The van der Waals surface area contributed by atoms with E-state index in [4.69, 9.17) is 0 Å². The van der Waals surface area contributed by atoms with E-state index >= 15 is 0 Å². The lowest BCUT2D eigenvalue weighted by atomic mass is 9.50. The molecule has 0 aliphatic heterocycles. The smallest absolute Gasteiger partial charge is 0.00901 e. The van der Waals surface area contributed by atoms with E-state index in [9.17, 15) is 0 Å². The zero-order chi connectivity index (χ0) is 14.6. The molecule has 0 aromatic heterocycles. The molecule has 1 heteroatoms. The van der Waals surface area contributed by atoms with Gasteiger partial charge in [0, 0.05) is 0 Å². The fraction of sp³-hybridized carbons (Fsp3) is 0.900. The molecule has 0 saturated heterocycles. The average Bonchev–Trinajstić information content (AvgIpc) is 2.88.